The molecule has 1 aromatic carbocycles. The Kier molecular flexibility index (Phi) is 3.24. The third-order valence-electron chi connectivity index (χ3n) is 2.01. The van der Waals surface area contributed by atoms with Gasteiger partial charge in [0.15, 0.2) is 0 Å². The van der Waals surface area contributed by atoms with Crippen LogP contribution in [0.15, 0.2) is 24.3 Å². The van der Waals surface area contributed by atoms with Crippen molar-refractivity contribution in [1.82, 2.24) is 4.90 Å². The van der Waals surface area contributed by atoms with Crippen molar-refractivity contribution in [3.8, 4) is 6.07 Å². The van der Waals surface area contributed by atoms with Crippen molar-refractivity contribution in [2.24, 2.45) is 0 Å². The molecule has 0 heterocycles. The Morgan fingerprint density at radius 1 is 1.57 bits per heavy atom. The molecule has 0 atom stereocenters. The molecule has 3 heteroatoms. The van der Waals surface area contributed by atoms with E-state index in [9.17, 15) is 4.79 Å². The van der Waals surface area contributed by atoms with Gasteiger partial charge >= 0.3 is 0 Å². The molecular formula is C11H12N2O. The molecule has 14 heavy (non-hydrogen) atoms. The van der Waals surface area contributed by atoms with Crippen LogP contribution in [-0.2, 0) is 11.3 Å². The quantitative estimate of drug-likeness (QED) is 0.706. The van der Waals surface area contributed by atoms with E-state index in [1.807, 2.05) is 12.1 Å². The van der Waals surface area contributed by atoms with E-state index in [2.05, 4.69) is 6.07 Å². The largest absolute Gasteiger partial charge is 0.342 e. The zero-order valence-corrected chi connectivity index (χ0v) is 8.32. The Hall–Kier alpha value is -1.82. The molecule has 0 aliphatic carbocycles. The second kappa shape index (κ2) is 4.43. The van der Waals surface area contributed by atoms with Crippen molar-refractivity contribution in [2.75, 3.05) is 7.05 Å². The lowest BCUT2D eigenvalue weighted by Crippen LogP contribution is -2.22. The van der Waals surface area contributed by atoms with Gasteiger partial charge in [-0.05, 0) is 17.7 Å². The molecule has 0 saturated heterocycles. The molecule has 0 bridgehead atoms. The van der Waals surface area contributed by atoms with Crippen LogP contribution in [0.3, 0.4) is 0 Å². The number of nitrogens with zero attached hydrogens (tertiary/aromatic N) is 2. The molecule has 0 aromatic heterocycles. The van der Waals surface area contributed by atoms with Crippen LogP contribution in [0.4, 0.5) is 0 Å². The molecule has 1 aromatic rings. The summed E-state index contributed by atoms with van der Waals surface area (Å²) >= 11 is 0. The summed E-state index contributed by atoms with van der Waals surface area (Å²) in [6, 6.07) is 9.33. The minimum atomic E-state index is 0.0207. The Morgan fingerprint density at radius 3 is 2.86 bits per heavy atom. The fraction of sp³-hybridized carbons (Fsp3) is 0.273. The zero-order chi connectivity index (χ0) is 10.6. The summed E-state index contributed by atoms with van der Waals surface area (Å²) in [5, 5.41) is 8.67. The highest BCUT2D eigenvalue weighted by Crippen LogP contribution is 2.06. The summed E-state index contributed by atoms with van der Waals surface area (Å²) < 4.78 is 0. The number of amides is 1. The van der Waals surface area contributed by atoms with Crippen LogP contribution in [0, 0.1) is 11.3 Å². The summed E-state index contributed by atoms with van der Waals surface area (Å²) in [7, 11) is 1.74. The average Bonchev–Trinajstić information content (AvgIpc) is 2.18. The van der Waals surface area contributed by atoms with Crippen molar-refractivity contribution in [3.05, 3.63) is 35.4 Å². The topological polar surface area (TPSA) is 44.1 Å². The number of benzene rings is 1. The normalized spacial score (nSPS) is 9.21. The third-order valence-corrected chi connectivity index (χ3v) is 2.01. The maximum Gasteiger partial charge on any atom is 0.219 e. The zero-order valence-electron chi connectivity index (χ0n) is 8.32. The van der Waals surface area contributed by atoms with Crippen LogP contribution in [0.5, 0.6) is 0 Å². The minimum absolute atomic E-state index is 0.0207. The summed E-state index contributed by atoms with van der Waals surface area (Å²) in [6.07, 6.45) is 0. The van der Waals surface area contributed by atoms with E-state index in [4.69, 9.17) is 5.26 Å². The van der Waals surface area contributed by atoms with Crippen LogP contribution < -0.4 is 0 Å². The number of hydrogen-bond donors (Lipinski definition) is 0. The monoisotopic (exact) mass is 188 g/mol. The van der Waals surface area contributed by atoms with E-state index in [1.54, 1.807) is 24.1 Å². The number of rotatable bonds is 2. The van der Waals surface area contributed by atoms with Crippen molar-refractivity contribution >= 4 is 5.91 Å². The Morgan fingerprint density at radius 2 is 2.29 bits per heavy atom. The van der Waals surface area contributed by atoms with Gasteiger partial charge in [0.2, 0.25) is 5.91 Å². The highest BCUT2D eigenvalue weighted by atomic mass is 16.2. The van der Waals surface area contributed by atoms with E-state index in [0.717, 1.165) is 5.56 Å². The van der Waals surface area contributed by atoms with Crippen LogP contribution in [-0.4, -0.2) is 17.9 Å². The molecule has 0 aliphatic rings. The van der Waals surface area contributed by atoms with Gasteiger partial charge in [-0.2, -0.15) is 5.26 Å². The fourth-order valence-electron chi connectivity index (χ4n) is 1.12. The van der Waals surface area contributed by atoms with Crippen molar-refractivity contribution in [1.29, 1.82) is 5.26 Å². The first-order chi connectivity index (χ1) is 6.63. The second-order valence-electron chi connectivity index (χ2n) is 3.19. The summed E-state index contributed by atoms with van der Waals surface area (Å²) in [5.74, 6) is 0.0207. The number of carbonyl (C=O) groups is 1. The summed E-state index contributed by atoms with van der Waals surface area (Å²) in [6.45, 7) is 2.07. The van der Waals surface area contributed by atoms with Gasteiger partial charge in [0.05, 0.1) is 11.6 Å². The molecule has 1 amide bonds. The smallest absolute Gasteiger partial charge is 0.219 e. The number of nitriles is 1. The molecule has 0 aliphatic heterocycles. The van der Waals surface area contributed by atoms with Gasteiger partial charge in [0.1, 0.15) is 0 Å². The molecular weight excluding hydrogens is 176 g/mol. The second-order valence-corrected chi connectivity index (χ2v) is 3.19. The van der Waals surface area contributed by atoms with Crippen LogP contribution in [0.1, 0.15) is 18.1 Å². The van der Waals surface area contributed by atoms with Gasteiger partial charge in [-0.1, -0.05) is 12.1 Å². The fourth-order valence-corrected chi connectivity index (χ4v) is 1.12. The molecule has 3 nitrogen and oxygen atoms in total. The van der Waals surface area contributed by atoms with Crippen molar-refractivity contribution in [2.45, 2.75) is 13.5 Å². The SMILES string of the molecule is CC(=O)N(C)Cc1cccc(C#N)c1. The van der Waals surface area contributed by atoms with E-state index >= 15 is 0 Å². The first kappa shape index (κ1) is 10.3. The lowest BCUT2D eigenvalue weighted by molar-refractivity contribution is -0.128. The molecule has 0 unspecified atom stereocenters. The van der Waals surface area contributed by atoms with Gasteiger partial charge < -0.3 is 4.90 Å². The van der Waals surface area contributed by atoms with Gasteiger partial charge in [0, 0.05) is 20.5 Å². The molecule has 0 spiro atoms. The minimum Gasteiger partial charge on any atom is -0.342 e. The molecule has 0 N–H and O–H groups in total. The standard InChI is InChI=1S/C11H12N2O/c1-9(14)13(2)8-11-5-3-4-10(6-11)7-12/h3-6H,8H2,1-2H3. The summed E-state index contributed by atoms with van der Waals surface area (Å²) in [5.41, 5.74) is 1.60. The third kappa shape index (κ3) is 2.60. The van der Waals surface area contributed by atoms with Gasteiger partial charge in [-0.3, -0.25) is 4.79 Å². The Labute approximate surface area is 83.6 Å². The van der Waals surface area contributed by atoms with Gasteiger partial charge in [0.25, 0.3) is 0 Å². The highest BCUT2D eigenvalue weighted by molar-refractivity contribution is 5.72. The maximum absolute atomic E-state index is 11.0. The molecule has 1 rings (SSSR count). The van der Waals surface area contributed by atoms with Gasteiger partial charge in [-0.15, -0.1) is 0 Å². The first-order valence-electron chi connectivity index (χ1n) is 4.34. The van der Waals surface area contributed by atoms with Crippen LogP contribution in [0.25, 0.3) is 0 Å². The Bertz CT molecular complexity index is 379. The van der Waals surface area contributed by atoms with E-state index in [1.165, 1.54) is 6.92 Å². The number of hydrogen-bond acceptors (Lipinski definition) is 2. The average molecular weight is 188 g/mol. The summed E-state index contributed by atoms with van der Waals surface area (Å²) in [4.78, 5) is 12.6. The van der Waals surface area contributed by atoms with Crippen molar-refractivity contribution < 1.29 is 4.79 Å². The van der Waals surface area contributed by atoms with E-state index in [0.29, 0.717) is 12.1 Å². The molecule has 0 radical (unpaired) electrons. The van der Waals surface area contributed by atoms with Crippen LogP contribution >= 0.6 is 0 Å². The van der Waals surface area contributed by atoms with Crippen molar-refractivity contribution in [3.63, 3.8) is 0 Å². The predicted octanol–water partition coefficient (Wildman–Crippen LogP) is 1.54. The molecule has 0 saturated carbocycles. The Balaban J connectivity index is 2.78. The lowest BCUT2D eigenvalue weighted by Gasteiger charge is -2.14. The van der Waals surface area contributed by atoms with E-state index < -0.39 is 0 Å². The lowest BCUT2D eigenvalue weighted by atomic mass is 10.1. The highest BCUT2D eigenvalue weighted by Gasteiger charge is 2.03. The van der Waals surface area contributed by atoms with E-state index in [-0.39, 0.29) is 5.91 Å². The van der Waals surface area contributed by atoms with Crippen LogP contribution in [0.2, 0.25) is 0 Å². The predicted molar refractivity (Wildman–Crippen MR) is 53.3 cm³/mol. The van der Waals surface area contributed by atoms with Gasteiger partial charge in [-0.25, -0.2) is 0 Å². The maximum atomic E-state index is 11.0. The number of carbonyl (C=O) groups excluding carboxylic acids is 1. The molecule has 0 fully saturated rings. The first-order valence-corrected chi connectivity index (χ1v) is 4.34. The molecule has 72 valence electrons.